The van der Waals surface area contributed by atoms with Crippen LogP contribution in [-0.2, 0) is 0 Å². The van der Waals surface area contributed by atoms with Crippen molar-refractivity contribution in [1.29, 1.82) is 0 Å². The van der Waals surface area contributed by atoms with Gasteiger partial charge in [-0.25, -0.2) is 4.39 Å². The number of benzene rings is 2. The van der Waals surface area contributed by atoms with Gasteiger partial charge in [0, 0.05) is 20.7 Å². The number of rotatable bonds is 2. The number of halogens is 3. The minimum Gasteiger partial charge on any atom is -0.322 e. The monoisotopic (exact) mass is 341 g/mol. The zero-order chi connectivity index (χ0) is 14.0. The highest BCUT2D eigenvalue weighted by atomic mass is 79.9. The second-order valence-corrected chi connectivity index (χ2v) is 5.48. The third-order valence-corrected chi connectivity index (χ3v) is 3.10. The molecule has 0 heterocycles. The number of anilines is 1. The van der Waals surface area contributed by atoms with E-state index in [1.807, 2.05) is 0 Å². The number of hydrogen-bond acceptors (Lipinski definition) is 1. The van der Waals surface area contributed by atoms with Crippen molar-refractivity contribution >= 4 is 39.1 Å². The lowest BCUT2D eigenvalue weighted by Gasteiger charge is -2.07. The van der Waals surface area contributed by atoms with Crippen molar-refractivity contribution in [3.63, 3.8) is 0 Å². The molecule has 19 heavy (non-hydrogen) atoms. The highest BCUT2D eigenvalue weighted by molar-refractivity contribution is 9.10. The fourth-order valence-corrected chi connectivity index (χ4v) is 2.56. The minimum atomic E-state index is -0.387. The summed E-state index contributed by atoms with van der Waals surface area (Å²) in [5, 5.41) is 3.09. The van der Waals surface area contributed by atoms with Gasteiger partial charge in [0.2, 0.25) is 0 Å². The van der Waals surface area contributed by atoms with Crippen molar-refractivity contribution in [2.24, 2.45) is 0 Å². The highest BCUT2D eigenvalue weighted by Crippen LogP contribution is 2.21. The van der Waals surface area contributed by atoms with Crippen molar-refractivity contribution in [2.45, 2.75) is 6.92 Å². The Balaban J connectivity index is 2.25. The normalized spacial score (nSPS) is 10.3. The lowest BCUT2D eigenvalue weighted by Crippen LogP contribution is -2.12. The van der Waals surface area contributed by atoms with Gasteiger partial charge < -0.3 is 5.32 Å². The van der Waals surface area contributed by atoms with Gasteiger partial charge in [0.15, 0.2) is 0 Å². The number of amides is 1. The standard InChI is InChI=1S/C14H10BrClFNO/c1-8-2-12(17)7-13(3-8)18-14(19)9-4-10(15)6-11(16)5-9/h2-7H,1H3,(H,18,19). The van der Waals surface area contributed by atoms with E-state index in [1.165, 1.54) is 12.1 Å². The zero-order valence-electron chi connectivity index (χ0n) is 10.0. The molecule has 0 radical (unpaired) electrons. The summed E-state index contributed by atoms with van der Waals surface area (Å²) in [6, 6.07) is 9.24. The molecule has 0 aromatic heterocycles. The summed E-state index contributed by atoms with van der Waals surface area (Å²) in [6.07, 6.45) is 0. The molecule has 0 saturated carbocycles. The van der Waals surface area contributed by atoms with Crippen molar-refractivity contribution in [1.82, 2.24) is 0 Å². The first kappa shape index (κ1) is 14.0. The van der Waals surface area contributed by atoms with Crippen LogP contribution in [0, 0.1) is 12.7 Å². The average Bonchev–Trinajstić information content (AvgIpc) is 2.25. The fraction of sp³-hybridized carbons (Fsp3) is 0.0714. The van der Waals surface area contributed by atoms with Gasteiger partial charge in [-0.2, -0.15) is 0 Å². The van der Waals surface area contributed by atoms with E-state index in [4.69, 9.17) is 11.6 Å². The minimum absolute atomic E-state index is 0.340. The Bertz CT molecular complexity index is 605. The summed E-state index contributed by atoms with van der Waals surface area (Å²) in [6.45, 7) is 1.76. The Morgan fingerprint density at radius 3 is 2.58 bits per heavy atom. The van der Waals surface area contributed by atoms with Crippen LogP contribution in [-0.4, -0.2) is 5.91 Å². The Morgan fingerprint density at radius 1 is 1.21 bits per heavy atom. The maximum atomic E-state index is 13.2. The largest absolute Gasteiger partial charge is 0.322 e. The van der Waals surface area contributed by atoms with Crippen LogP contribution < -0.4 is 5.32 Å². The maximum absolute atomic E-state index is 13.2. The number of hydrogen-bond donors (Lipinski definition) is 1. The van der Waals surface area contributed by atoms with Gasteiger partial charge >= 0.3 is 0 Å². The molecule has 0 fully saturated rings. The van der Waals surface area contributed by atoms with E-state index in [0.717, 1.165) is 5.56 Å². The number of carbonyl (C=O) groups excluding carboxylic acids is 1. The van der Waals surface area contributed by atoms with Crippen LogP contribution in [0.25, 0.3) is 0 Å². The first-order valence-corrected chi connectivity index (χ1v) is 6.66. The van der Waals surface area contributed by atoms with E-state index >= 15 is 0 Å². The van der Waals surface area contributed by atoms with Crippen LogP contribution in [0.5, 0.6) is 0 Å². The molecule has 1 N–H and O–H groups in total. The molecule has 0 aliphatic carbocycles. The Morgan fingerprint density at radius 2 is 1.95 bits per heavy atom. The SMILES string of the molecule is Cc1cc(F)cc(NC(=O)c2cc(Cl)cc(Br)c2)c1. The van der Waals surface area contributed by atoms with E-state index in [9.17, 15) is 9.18 Å². The topological polar surface area (TPSA) is 29.1 Å². The van der Waals surface area contributed by atoms with Crippen LogP contribution in [0.15, 0.2) is 40.9 Å². The van der Waals surface area contributed by atoms with Gasteiger partial charge in [-0.15, -0.1) is 0 Å². The molecule has 0 unspecified atom stereocenters. The second kappa shape index (κ2) is 5.72. The van der Waals surface area contributed by atoms with Gasteiger partial charge in [-0.05, 0) is 48.9 Å². The molecule has 2 aromatic rings. The first-order valence-electron chi connectivity index (χ1n) is 5.49. The molecule has 98 valence electrons. The molecule has 0 spiro atoms. The molecule has 0 atom stereocenters. The number of nitrogens with one attached hydrogen (secondary N) is 1. The predicted molar refractivity (Wildman–Crippen MR) is 78.2 cm³/mol. The summed E-state index contributed by atoms with van der Waals surface area (Å²) in [7, 11) is 0. The van der Waals surface area contributed by atoms with Crippen LogP contribution in [0.2, 0.25) is 5.02 Å². The quantitative estimate of drug-likeness (QED) is 0.834. The molecule has 2 nitrogen and oxygen atoms in total. The number of carbonyl (C=O) groups is 1. The van der Waals surface area contributed by atoms with Gasteiger partial charge in [0.05, 0.1) is 0 Å². The van der Waals surface area contributed by atoms with E-state index < -0.39 is 0 Å². The number of aryl methyl sites for hydroxylation is 1. The Hall–Kier alpha value is -1.39. The third-order valence-electron chi connectivity index (χ3n) is 2.42. The van der Waals surface area contributed by atoms with Gasteiger partial charge in [0.1, 0.15) is 5.82 Å². The summed E-state index contributed by atoms with van der Waals surface area (Å²) in [5.74, 6) is -0.726. The molecule has 0 bridgehead atoms. The smallest absolute Gasteiger partial charge is 0.255 e. The van der Waals surface area contributed by atoms with E-state index in [0.29, 0.717) is 20.7 Å². The molecule has 2 rings (SSSR count). The molecule has 2 aromatic carbocycles. The molecular weight excluding hydrogens is 333 g/mol. The van der Waals surface area contributed by atoms with Crippen LogP contribution in [0.1, 0.15) is 15.9 Å². The van der Waals surface area contributed by atoms with Crippen molar-refractivity contribution in [3.05, 3.63) is 62.8 Å². The van der Waals surface area contributed by atoms with Crippen molar-refractivity contribution in [2.75, 3.05) is 5.32 Å². The third kappa shape index (κ3) is 3.78. The fourth-order valence-electron chi connectivity index (χ4n) is 1.70. The molecule has 0 aliphatic rings. The lowest BCUT2D eigenvalue weighted by atomic mass is 10.2. The summed E-state index contributed by atoms with van der Waals surface area (Å²) in [5.41, 5.74) is 1.56. The summed E-state index contributed by atoms with van der Waals surface area (Å²) in [4.78, 5) is 12.0. The Kier molecular flexibility index (Phi) is 4.22. The average molecular weight is 343 g/mol. The summed E-state index contributed by atoms with van der Waals surface area (Å²) < 4.78 is 13.9. The van der Waals surface area contributed by atoms with Gasteiger partial charge in [0.25, 0.3) is 5.91 Å². The molecular formula is C14H10BrClFNO. The Labute approximate surface area is 123 Å². The molecule has 5 heteroatoms. The van der Waals surface area contributed by atoms with Crippen LogP contribution >= 0.6 is 27.5 Å². The first-order chi connectivity index (χ1) is 8.94. The van der Waals surface area contributed by atoms with E-state index in [1.54, 1.807) is 31.2 Å². The summed E-state index contributed by atoms with van der Waals surface area (Å²) >= 11 is 9.14. The van der Waals surface area contributed by atoms with Gasteiger partial charge in [-0.3, -0.25) is 4.79 Å². The zero-order valence-corrected chi connectivity index (χ0v) is 12.3. The van der Waals surface area contributed by atoms with Gasteiger partial charge in [-0.1, -0.05) is 27.5 Å². The molecule has 0 aliphatic heterocycles. The van der Waals surface area contributed by atoms with Crippen molar-refractivity contribution < 1.29 is 9.18 Å². The molecule has 0 saturated heterocycles. The van der Waals surface area contributed by atoms with Crippen molar-refractivity contribution in [3.8, 4) is 0 Å². The van der Waals surface area contributed by atoms with Crippen LogP contribution in [0.3, 0.4) is 0 Å². The second-order valence-electron chi connectivity index (χ2n) is 4.13. The highest BCUT2D eigenvalue weighted by Gasteiger charge is 2.09. The van der Waals surface area contributed by atoms with Crippen LogP contribution in [0.4, 0.5) is 10.1 Å². The maximum Gasteiger partial charge on any atom is 0.255 e. The lowest BCUT2D eigenvalue weighted by molar-refractivity contribution is 0.102. The van der Waals surface area contributed by atoms with E-state index in [-0.39, 0.29) is 11.7 Å². The molecule has 1 amide bonds. The predicted octanol–water partition coefficient (Wildman–Crippen LogP) is 4.80. The van der Waals surface area contributed by atoms with E-state index in [2.05, 4.69) is 21.2 Å².